The van der Waals surface area contributed by atoms with Crippen molar-refractivity contribution in [3.63, 3.8) is 0 Å². The SMILES string of the molecule is CC/C=C/C/C=C/C/C=C/CCCCCCCC(=O)O[C@@H](COC(=O)CCCCC/C=C/C/C=C/C/C=C/C/C=C/CCCCC)COC(=O)CCCCCCCCC/C=C/CCCCCC. The number of unbranched alkanes of at least 4 members (excludes halogenated alkanes) is 22. The van der Waals surface area contributed by atoms with Crippen LogP contribution >= 0.6 is 0 Å². The third-order valence-electron chi connectivity index (χ3n) is 11.5. The summed E-state index contributed by atoms with van der Waals surface area (Å²) in [6, 6.07) is 0. The monoisotopic (exact) mass is 931 g/mol. The molecular formula is C61H102O6. The summed E-state index contributed by atoms with van der Waals surface area (Å²) in [7, 11) is 0. The number of ether oxygens (including phenoxy) is 3. The van der Waals surface area contributed by atoms with Crippen molar-refractivity contribution in [3.8, 4) is 0 Å². The van der Waals surface area contributed by atoms with Gasteiger partial charge in [-0.05, 0) is 122 Å². The lowest BCUT2D eigenvalue weighted by Crippen LogP contribution is -2.30. The second kappa shape index (κ2) is 54.9. The molecule has 0 aliphatic carbocycles. The van der Waals surface area contributed by atoms with E-state index in [4.69, 9.17) is 14.2 Å². The van der Waals surface area contributed by atoms with Crippen molar-refractivity contribution in [2.45, 2.75) is 258 Å². The molecule has 0 aliphatic rings. The Kier molecular flexibility index (Phi) is 51.9. The van der Waals surface area contributed by atoms with E-state index < -0.39 is 6.10 Å². The Balaban J connectivity index is 4.48. The van der Waals surface area contributed by atoms with Crippen molar-refractivity contribution in [3.05, 3.63) is 97.2 Å². The molecule has 0 fully saturated rings. The topological polar surface area (TPSA) is 78.9 Å². The van der Waals surface area contributed by atoms with E-state index in [9.17, 15) is 14.4 Å². The molecular weight excluding hydrogens is 829 g/mol. The molecule has 0 saturated heterocycles. The van der Waals surface area contributed by atoms with Gasteiger partial charge in [-0.1, -0.05) is 208 Å². The average Bonchev–Trinajstić information content (AvgIpc) is 3.33. The Morgan fingerprint density at radius 2 is 0.582 bits per heavy atom. The lowest BCUT2D eigenvalue weighted by Gasteiger charge is -2.18. The van der Waals surface area contributed by atoms with E-state index in [1.165, 1.54) is 89.9 Å². The molecule has 0 saturated carbocycles. The molecule has 0 radical (unpaired) electrons. The molecule has 0 aromatic carbocycles. The van der Waals surface area contributed by atoms with Crippen LogP contribution in [-0.4, -0.2) is 37.2 Å². The van der Waals surface area contributed by atoms with Gasteiger partial charge in [-0.25, -0.2) is 0 Å². The largest absolute Gasteiger partial charge is 0.462 e. The van der Waals surface area contributed by atoms with Crippen molar-refractivity contribution < 1.29 is 28.6 Å². The summed E-state index contributed by atoms with van der Waals surface area (Å²) < 4.78 is 16.8. The number of hydrogen-bond acceptors (Lipinski definition) is 6. The van der Waals surface area contributed by atoms with Crippen molar-refractivity contribution in [1.82, 2.24) is 0 Å². The number of carbonyl (C=O) groups excluding carboxylic acids is 3. The molecule has 6 nitrogen and oxygen atoms in total. The van der Waals surface area contributed by atoms with Crippen LogP contribution in [0, 0.1) is 0 Å². The third kappa shape index (κ3) is 53.2. The summed E-state index contributed by atoms with van der Waals surface area (Å²) in [4.78, 5) is 38.1. The van der Waals surface area contributed by atoms with Gasteiger partial charge in [0.25, 0.3) is 0 Å². The number of hydrogen-bond donors (Lipinski definition) is 0. The van der Waals surface area contributed by atoms with Crippen LogP contribution in [0.2, 0.25) is 0 Å². The summed E-state index contributed by atoms with van der Waals surface area (Å²) in [5.74, 6) is -0.951. The maximum atomic E-state index is 12.8. The van der Waals surface area contributed by atoms with Gasteiger partial charge in [-0.3, -0.25) is 14.4 Å². The first-order valence-electron chi connectivity index (χ1n) is 27.7. The first-order chi connectivity index (χ1) is 33.0. The maximum Gasteiger partial charge on any atom is 0.306 e. The number of allylic oxidation sites excluding steroid dienone is 16. The van der Waals surface area contributed by atoms with E-state index in [2.05, 4.69) is 118 Å². The van der Waals surface area contributed by atoms with Gasteiger partial charge >= 0.3 is 17.9 Å². The van der Waals surface area contributed by atoms with Crippen molar-refractivity contribution in [2.24, 2.45) is 0 Å². The number of rotatable bonds is 49. The van der Waals surface area contributed by atoms with Gasteiger partial charge in [-0.15, -0.1) is 0 Å². The summed E-state index contributed by atoms with van der Waals surface area (Å²) in [5, 5.41) is 0. The number of esters is 3. The second-order valence-electron chi connectivity index (χ2n) is 18.1. The van der Waals surface area contributed by atoms with E-state index in [1.54, 1.807) is 0 Å². The van der Waals surface area contributed by atoms with Crippen LogP contribution in [0.3, 0.4) is 0 Å². The quantitative estimate of drug-likeness (QED) is 0.0262. The minimum absolute atomic E-state index is 0.0979. The van der Waals surface area contributed by atoms with Crippen LogP contribution in [-0.2, 0) is 28.6 Å². The Hall–Kier alpha value is -3.67. The Morgan fingerprint density at radius 3 is 0.970 bits per heavy atom. The van der Waals surface area contributed by atoms with Gasteiger partial charge in [0, 0.05) is 19.3 Å². The molecule has 0 rings (SSSR count). The highest BCUT2D eigenvalue weighted by molar-refractivity contribution is 5.71. The van der Waals surface area contributed by atoms with E-state index in [0.29, 0.717) is 19.3 Å². The molecule has 0 heterocycles. The molecule has 0 N–H and O–H groups in total. The fourth-order valence-electron chi connectivity index (χ4n) is 7.37. The predicted octanol–water partition coefficient (Wildman–Crippen LogP) is 18.5. The Bertz CT molecular complexity index is 1350. The van der Waals surface area contributed by atoms with Gasteiger partial charge in [-0.2, -0.15) is 0 Å². The van der Waals surface area contributed by atoms with Crippen LogP contribution in [0.25, 0.3) is 0 Å². The zero-order chi connectivity index (χ0) is 48.6. The molecule has 0 spiro atoms. The zero-order valence-corrected chi connectivity index (χ0v) is 43.6. The van der Waals surface area contributed by atoms with Gasteiger partial charge < -0.3 is 14.2 Å². The number of carbonyl (C=O) groups is 3. The normalized spacial score (nSPS) is 12.8. The van der Waals surface area contributed by atoms with Crippen LogP contribution in [0.15, 0.2) is 97.2 Å². The molecule has 0 aliphatic heterocycles. The average molecular weight is 931 g/mol. The van der Waals surface area contributed by atoms with Crippen LogP contribution in [0.1, 0.15) is 252 Å². The van der Waals surface area contributed by atoms with Crippen molar-refractivity contribution in [2.75, 3.05) is 13.2 Å². The fourth-order valence-corrected chi connectivity index (χ4v) is 7.37. The van der Waals surface area contributed by atoms with Gasteiger partial charge in [0.15, 0.2) is 6.10 Å². The molecule has 0 bridgehead atoms. The van der Waals surface area contributed by atoms with Gasteiger partial charge in [0.05, 0.1) is 0 Å². The van der Waals surface area contributed by atoms with Gasteiger partial charge in [0.2, 0.25) is 0 Å². The molecule has 67 heavy (non-hydrogen) atoms. The second-order valence-corrected chi connectivity index (χ2v) is 18.1. The first-order valence-corrected chi connectivity index (χ1v) is 27.7. The molecule has 6 heteroatoms. The predicted molar refractivity (Wildman–Crippen MR) is 288 cm³/mol. The minimum Gasteiger partial charge on any atom is -0.462 e. The zero-order valence-electron chi connectivity index (χ0n) is 43.6. The van der Waals surface area contributed by atoms with Gasteiger partial charge in [0.1, 0.15) is 13.2 Å². The summed E-state index contributed by atoms with van der Waals surface area (Å²) in [6.07, 6.45) is 72.4. The van der Waals surface area contributed by atoms with Crippen molar-refractivity contribution >= 4 is 17.9 Å². The molecule has 0 unspecified atom stereocenters. The third-order valence-corrected chi connectivity index (χ3v) is 11.5. The molecule has 0 aromatic rings. The summed E-state index contributed by atoms with van der Waals surface area (Å²) >= 11 is 0. The Labute approximate surface area is 413 Å². The minimum atomic E-state index is -0.803. The van der Waals surface area contributed by atoms with E-state index in [0.717, 1.165) is 122 Å². The van der Waals surface area contributed by atoms with E-state index in [1.807, 2.05) is 0 Å². The lowest BCUT2D eigenvalue weighted by atomic mass is 10.1. The standard InChI is InChI=1S/C61H102O6/c1-4-7-10-13-16-19-22-25-28-29-30-31-34-36-39-42-45-48-51-54-60(63)66-57-58(67-61(64)55-52-49-46-43-40-37-33-27-24-21-18-15-12-9-6-3)56-65-59(62)53-50-47-44-41-38-35-32-26-23-20-17-14-11-8-5-2/h9,12,16,18-21,23,25,27-28,30-31,33,36,39,58H,4-8,10-11,13-15,17,22,24,26,29,32,34-35,37-38,40-57H2,1-3H3/b12-9+,19-16+,21-18+,23-20+,28-25+,31-30+,33-27+,39-36+/t58-/m1/s1. The van der Waals surface area contributed by atoms with Crippen LogP contribution < -0.4 is 0 Å². The lowest BCUT2D eigenvalue weighted by molar-refractivity contribution is -0.167. The highest BCUT2D eigenvalue weighted by atomic mass is 16.6. The van der Waals surface area contributed by atoms with E-state index >= 15 is 0 Å². The first kappa shape index (κ1) is 63.3. The molecule has 0 aromatic heterocycles. The maximum absolute atomic E-state index is 12.8. The highest BCUT2D eigenvalue weighted by Gasteiger charge is 2.19. The molecule has 382 valence electrons. The van der Waals surface area contributed by atoms with E-state index in [-0.39, 0.29) is 31.1 Å². The van der Waals surface area contributed by atoms with Crippen molar-refractivity contribution in [1.29, 1.82) is 0 Å². The molecule has 0 amide bonds. The summed E-state index contributed by atoms with van der Waals surface area (Å²) in [6.45, 7) is 6.44. The highest BCUT2D eigenvalue weighted by Crippen LogP contribution is 2.14. The fraction of sp³-hybridized carbons (Fsp3) is 0.689. The smallest absolute Gasteiger partial charge is 0.306 e. The van der Waals surface area contributed by atoms with Crippen LogP contribution in [0.4, 0.5) is 0 Å². The van der Waals surface area contributed by atoms with Crippen LogP contribution in [0.5, 0.6) is 0 Å². The Morgan fingerprint density at radius 1 is 0.313 bits per heavy atom. The molecule has 1 atom stereocenters. The summed E-state index contributed by atoms with van der Waals surface area (Å²) in [5.41, 5.74) is 0.